The van der Waals surface area contributed by atoms with Crippen LogP contribution in [0, 0.1) is 11.6 Å². The third-order valence-corrected chi connectivity index (χ3v) is 1.89. The second-order valence-electron chi connectivity index (χ2n) is 3.12. The van der Waals surface area contributed by atoms with E-state index in [0.29, 0.717) is 12.1 Å². The predicted octanol–water partition coefficient (Wildman–Crippen LogP) is -2.38. The smallest absolute Gasteiger partial charge is 0.548 e. The molecule has 4 nitrogen and oxygen atoms in total. The fourth-order valence-electron chi connectivity index (χ4n) is 1.12. The van der Waals surface area contributed by atoms with Gasteiger partial charge in [-0.05, 0) is 6.07 Å². The van der Waals surface area contributed by atoms with Gasteiger partial charge in [0.25, 0.3) is 0 Å². The Balaban J connectivity index is 0.00000324. The molecule has 0 heterocycles. The van der Waals surface area contributed by atoms with Crippen LogP contribution in [0.1, 0.15) is 11.6 Å². The van der Waals surface area contributed by atoms with E-state index >= 15 is 0 Å². The molecule has 0 saturated heterocycles. The van der Waals surface area contributed by atoms with Crippen molar-refractivity contribution in [2.45, 2.75) is 12.4 Å². The molecule has 1 rings (SSSR count). The zero-order valence-corrected chi connectivity index (χ0v) is 9.42. The van der Waals surface area contributed by atoms with E-state index in [1.807, 2.05) is 0 Å². The van der Waals surface area contributed by atoms with Crippen LogP contribution < -0.4 is 34.4 Å². The molecule has 0 spiro atoms. The number of rotatable bonds is 3. The summed E-state index contributed by atoms with van der Waals surface area (Å²) in [5.41, 5.74) is 4.08. The maximum atomic E-state index is 13.4. The van der Waals surface area contributed by atoms with Gasteiger partial charge in [0.2, 0.25) is 5.75 Å². The minimum absolute atomic E-state index is 0. The van der Waals surface area contributed by atoms with Crippen molar-refractivity contribution >= 4 is 5.97 Å². The van der Waals surface area contributed by atoms with Gasteiger partial charge in [-0.25, -0.2) is 8.78 Å². The number of carboxylic acids is 1. The number of ether oxygens (including phenoxy) is 1. The molecule has 10 heteroatoms. The average Bonchev–Trinajstić information content (AvgIpc) is 2.22. The Bertz CT molecular complexity index is 480. The van der Waals surface area contributed by atoms with Gasteiger partial charge in [-0.1, -0.05) is 6.07 Å². The Morgan fingerprint density at radius 3 is 2.26 bits per heavy atom. The molecule has 1 aromatic rings. The summed E-state index contributed by atoms with van der Waals surface area (Å²) >= 11 is 0. The number of carbonyl (C=O) groups is 1. The molecule has 0 aromatic heterocycles. The Hall–Kier alpha value is -1.30. The van der Waals surface area contributed by atoms with E-state index in [1.54, 1.807) is 0 Å². The first kappa shape index (κ1) is 17.7. The fourth-order valence-corrected chi connectivity index (χ4v) is 1.12. The van der Waals surface area contributed by atoms with E-state index in [1.165, 1.54) is 0 Å². The van der Waals surface area contributed by atoms with Crippen molar-refractivity contribution in [3.8, 4) is 5.75 Å². The second kappa shape index (κ2) is 6.23. The number of aliphatic carboxylic acids is 1. The molecule has 2 N–H and O–H groups in total. The molecule has 1 atom stereocenters. The number of benzene rings is 1. The quantitative estimate of drug-likeness (QED) is 0.494. The Labute approximate surface area is 115 Å². The van der Waals surface area contributed by atoms with Crippen LogP contribution in [0.4, 0.5) is 22.0 Å². The van der Waals surface area contributed by atoms with Crippen LogP contribution in [0.5, 0.6) is 5.75 Å². The largest absolute Gasteiger partial charge is 1.00 e. The van der Waals surface area contributed by atoms with Gasteiger partial charge in [0.05, 0.1) is 12.0 Å². The Morgan fingerprint density at radius 2 is 1.84 bits per heavy atom. The number of hydrogen-bond acceptors (Lipinski definition) is 4. The van der Waals surface area contributed by atoms with Crippen molar-refractivity contribution in [1.29, 1.82) is 0 Å². The third-order valence-electron chi connectivity index (χ3n) is 1.89. The molecule has 0 aliphatic rings. The van der Waals surface area contributed by atoms with Gasteiger partial charge < -0.3 is 20.4 Å². The van der Waals surface area contributed by atoms with Gasteiger partial charge in [-0.15, -0.1) is 13.2 Å². The maximum Gasteiger partial charge on any atom is 1.00 e. The van der Waals surface area contributed by atoms with Gasteiger partial charge in [0.15, 0.2) is 11.6 Å². The van der Waals surface area contributed by atoms with E-state index < -0.39 is 41.3 Å². The van der Waals surface area contributed by atoms with Crippen LogP contribution >= 0.6 is 0 Å². The number of carbonyl (C=O) groups excluding carboxylic acids is 1. The van der Waals surface area contributed by atoms with E-state index in [2.05, 4.69) is 4.74 Å². The molecular weight excluding hydrogens is 272 g/mol. The molecular formula is C9H5F5LiNO3. The normalized spacial score (nSPS) is 12.5. The fraction of sp³-hybridized carbons (Fsp3) is 0.222. The van der Waals surface area contributed by atoms with E-state index in [9.17, 15) is 31.9 Å². The van der Waals surface area contributed by atoms with Gasteiger partial charge in [0, 0.05) is 5.56 Å². The van der Waals surface area contributed by atoms with Crippen molar-refractivity contribution in [2.24, 2.45) is 5.73 Å². The Morgan fingerprint density at radius 1 is 1.32 bits per heavy atom. The van der Waals surface area contributed by atoms with Gasteiger partial charge in [-0.2, -0.15) is 0 Å². The molecule has 0 bridgehead atoms. The molecule has 0 aliphatic heterocycles. The van der Waals surface area contributed by atoms with Gasteiger partial charge in [-0.3, -0.25) is 0 Å². The topological polar surface area (TPSA) is 75.4 Å². The van der Waals surface area contributed by atoms with Crippen molar-refractivity contribution in [3.05, 3.63) is 29.3 Å². The molecule has 0 amide bonds. The summed E-state index contributed by atoms with van der Waals surface area (Å²) in [5, 5.41) is 10.4. The van der Waals surface area contributed by atoms with Crippen molar-refractivity contribution in [3.63, 3.8) is 0 Å². The zero-order valence-electron chi connectivity index (χ0n) is 9.42. The summed E-state index contributed by atoms with van der Waals surface area (Å²) in [6.45, 7) is 0. The van der Waals surface area contributed by atoms with E-state index in [0.717, 1.165) is 0 Å². The molecule has 1 aromatic carbocycles. The molecule has 19 heavy (non-hydrogen) atoms. The molecule has 0 fully saturated rings. The average molecular weight is 277 g/mol. The van der Waals surface area contributed by atoms with Crippen molar-refractivity contribution < 1.29 is 55.5 Å². The summed E-state index contributed by atoms with van der Waals surface area (Å²) in [5.74, 6) is -7.18. The van der Waals surface area contributed by atoms with Crippen LogP contribution in [0.25, 0.3) is 0 Å². The first-order chi connectivity index (χ1) is 8.13. The van der Waals surface area contributed by atoms with E-state index in [4.69, 9.17) is 5.73 Å². The van der Waals surface area contributed by atoms with Crippen LogP contribution in [-0.4, -0.2) is 12.3 Å². The van der Waals surface area contributed by atoms with Gasteiger partial charge >= 0.3 is 25.2 Å². The molecule has 0 aliphatic carbocycles. The summed E-state index contributed by atoms with van der Waals surface area (Å²) in [7, 11) is 0. The predicted molar refractivity (Wildman–Crippen MR) is 45.0 cm³/mol. The van der Waals surface area contributed by atoms with Crippen LogP contribution in [0.15, 0.2) is 12.1 Å². The van der Waals surface area contributed by atoms with Crippen LogP contribution in [0.2, 0.25) is 0 Å². The summed E-state index contributed by atoms with van der Waals surface area (Å²) < 4.78 is 65.1. The van der Waals surface area contributed by atoms with Crippen LogP contribution in [0.3, 0.4) is 0 Å². The van der Waals surface area contributed by atoms with Gasteiger partial charge in [0.1, 0.15) is 0 Å². The number of nitrogens with two attached hydrogens (primary N) is 1. The first-order valence-corrected chi connectivity index (χ1v) is 4.33. The molecule has 100 valence electrons. The molecule has 0 radical (unpaired) electrons. The molecule has 0 saturated carbocycles. The first-order valence-electron chi connectivity index (χ1n) is 4.33. The van der Waals surface area contributed by atoms with Crippen molar-refractivity contribution in [1.82, 2.24) is 0 Å². The summed E-state index contributed by atoms with van der Waals surface area (Å²) in [6.07, 6.45) is -5.33. The van der Waals surface area contributed by atoms with E-state index in [-0.39, 0.29) is 18.9 Å². The monoisotopic (exact) mass is 277 g/mol. The summed E-state index contributed by atoms with van der Waals surface area (Å²) in [6, 6.07) is -1.04. The number of alkyl halides is 3. The SMILES string of the molecule is NC(C(=O)[O-])c1ccc(F)c(OC(F)(F)F)c1F.[Li+]. The number of carboxylic acid groups (broad SMARTS) is 1. The molecule has 1 unspecified atom stereocenters. The maximum absolute atomic E-state index is 13.4. The number of halogens is 5. The Kier molecular flexibility index (Phi) is 5.80. The summed E-state index contributed by atoms with van der Waals surface area (Å²) in [4.78, 5) is 10.4. The minimum Gasteiger partial charge on any atom is -0.548 e. The van der Waals surface area contributed by atoms with Crippen LogP contribution in [-0.2, 0) is 4.79 Å². The second-order valence-corrected chi connectivity index (χ2v) is 3.12. The zero-order chi connectivity index (χ0) is 14.1. The van der Waals surface area contributed by atoms with Crippen molar-refractivity contribution in [2.75, 3.05) is 0 Å². The third kappa shape index (κ3) is 4.38. The number of hydrogen-bond donors (Lipinski definition) is 1. The standard InChI is InChI=1S/C9H6F5NO3.Li/c10-4-2-1-3(6(15)8(16)17)5(11)7(4)18-9(12,13)14;/h1-2,6H,15H2,(H,16,17);/q;+1/p-1. The minimum atomic E-state index is -5.33.